The summed E-state index contributed by atoms with van der Waals surface area (Å²) in [5, 5.41) is 10.8. The second kappa shape index (κ2) is 16.3. The number of fused-ring (bicyclic) bond motifs is 6. The summed E-state index contributed by atoms with van der Waals surface area (Å²) in [5.74, 6) is 0. The van der Waals surface area contributed by atoms with Gasteiger partial charge < -0.3 is 24.8 Å². The minimum absolute atomic E-state index is 0. The Kier molecular flexibility index (Phi) is 11.1. The Morgan fingerprint density at radius 3 is 1.14 bits per heavy atom. The van der Waals surface area contributed by atoms with Crippen LogP contribution in [0, 0.1) is 0 Å². The van der Waals surface area contributed by atoms with E-state index in [1.54, 1.807) is 22.3 Å². The van der Waals surface area contributed by atoms with Crippen molar-refractivity contribution in [1.29, 1.82) is 0 Å². The fraction of sp³-hybridized carbons (Fsp3) is 0.214. The van der Waals surface area contributed by atoms with E-state index in [1.165, 1.54) is 123 Å². The van der Waals surface area contributed by atoms with Crippen LogP contribution in [0.15, 0.2) is 157 Å². The predicted octanol–water partition coefficient (Wildman–Crippen LogP) is 10.6. The summed E-state index contributed by atoms with van der Waals surface area (Å²) in [4.78, 5) is 0. The van der Waals surface area contributed by atoms with Crippen molar-refractivity contribution in [1.82, 2.24) is 0 Å². The van der Waals surface area contributed by atoms with Crippen molar-refractivity contribution in [3.05, 3.63) is 179 Å². The Bertz CT molecular complexity index is 2660. The molecule has 1 fully saturated rings. The second-order valence-electron chi connectivity index (χ2n) is 17.2. The van der Waals surface area contributed by atoms with Gasteiger partial charge in [0.25, 0.3) is 0 Å². The van der Waals surface area contributed by atoms with Crippen LogP contribution in [0.1, 0.15) is 81.9 Å². The Balaban J connectivity index is 0.00000224. The molecule has 0 nitrogen and oxygen atoms in total. The van der Waals surface area contributed by atoms with E-state index in [0.717, 1.165) is 0 Å². The maximum atomic E-state index is 2.72. The van der Waals surface area contributed by atoms with Gasteiger partial charge in [-0.25, -0.2) is 0 Å². The van der Waals surface area contributed by atoms with Gasteiger partial charge in [0, 0.05) is 0 Å². The Morgan fingerprint density at radius 1 is 0.441 bits per heavy atom. The minimum Gasteiger partial charge on any atom is -1.00 e. The van der Waals surface area contributed by atoms with Gasteiger partial charge in [-0.05, 0) is 0 Å². The van der Waals surface area contributed by atoms with Gasteiger partial charge in [0.2, 0.25) is 0 Å². The van der Waals surface area contributed by atoms with Crippen LogP contribution < -0.4 is 24.8 Å². The maximum Gasteiger partial charge on any atom is -1.00 e. The number of hydrogen-bond acceptors (Lipinski definition) is 0. The van der Waals surface area contributed by atoms with E-state index in [4.69, 9.17) is 0 Å². The summed E-state index contributed by atoms with van der Waals surface area (Å²) in [6.45, 7) is 4.75. The van der Waals surface area contributed by atoms with Crippen LogP contribution in [-0.4, -0.2) is 0 Å². The molecule has 0 radical (unpaired) electrons. The van der Waals surface area contributed by atoms with Gasteiger partial charge in [-0.3, -0.25) is 0 Å². The zero-order valence-electron chi connectivity index (χ0n) is 34.1. The van der Waals surface area contributed by atoms with E-state index in [2.05, 4.69) is 172 Å². The first-order chi connectivity index (χ1) is 28.2. The van der Waals surface area contributed by atoms with Gasteiger partial charge in [0.1, 0.15) is 0 Å². The molecule has 11 rings (SSSR count). The van der Waals surface area contributed by atoms with Gasteiger partial charge in [-0.2, -0.15) is 0 Å². The molecular formula is C56H50Cl2Zr. The molecule has 1 saturated heterocycles. The fourth-order valence-corrected chi connectivity index (χ4v) is 29.0. The third-order valence-corrected chi connectivity index (χ3v) is 27.1. The SMILES string of the molecule is CCCCC1=Cc2c(-c3c4ccccc4cc4ccccc34)cccc2[CH]1[Zr+2]1([CH]2C(CCCC)=Cc3c(-c4c5ccccc5cc5ccccc45)cccc32)[CH2][CH2]1.[Cl-].[Cl-]. The maximum absolute atomic E-state index is 2.98. The van der Waals surface area contributed by atoms with Crippen molar-refractivity contribution in [2.45, 2.75) is 67.9 Å². The van der Waals surface area contributed by atoms with Crippen molar-refractivity contribution in [3.8, 4) is 22.3 Å². The first kappa shape index (κ1) is 40.2. The molecule has 3 aliphatic rings. The van der Waals surface area contributed by atoms with Crippen molar-refractivity contribution >= 4 is 55.2 Å². The number of hydrogen-bond donors (Lipinski definition) is 0. The minimum atomic E-state index is -2.98. The zero-order chi connectivity index (χ0) is 38.1. The van der Waals surface area contributed by atoms with Crippen LogP contribution in [0.25, 0.3) is 77.5 Å². The molecule has 1 aliphatic heterocycles. The summed E-state index contributed by atoms with van der Waals surface area (Å²) >= 11 is -2.98. The van der Waals surface area contributed by atoms with Gasteiger partial charge in [-0.1, -0.05) is 0 Å². The summed E-state index contributed by atoms with van der Waals surface area (Å²) in [6.07, 6.45) is 12.9. The van der Waals surface area contributed by atoms with Gasteiger partial charge in [0.05, 0.1) is 0 Å². The summed E-state index contributed by atoms with van der Waals surface area (Å²) < 4.78 is 4.23. The Hall–Kier alpha value is -4.26. The summed E-state index contributed by atoms with van der Waals surface area (Å²) in [6, 6.07) is 55.9. The first-order valence-electron chi connectivity index (χ1n) is 21.7. The van der Waals surface area contributed by atoms with Gasteiger partial charge in [0.15, 0.2) is 0 Å². The molecular weight excluding hydrogens is 835 g/mol. The number of allylic oxidation sites excluding steroid dienone is 2. The van der Waals surface area contributed by atoms with Crippen LogP contribution >= 0.6 is 0 Å². The van der Waals surface area contributed by atoms with Crippen LogP contribution in [-0.2, 0) is 20.3 Å². The van der Waals surface area contributed by atoms with Gasteiger partial charge in [-0.15, -0.1) is 0 Å². The topological polar surface area (TPSA) is 0 Å². The quantitative estimate of drug-likeness (QED) is 0.120. The third-order valence-electron chi connectivity index (χ3n) is 14.0. The summed E-state index contributed by atoms with van der Waals surface area (Å²) in [5.41, 5.74) is 15.6. The Morgan fingerprint density at radius 2 is 0.797 bits per heavy atom. The molecule has 292 valence electrons. The van der Waals surface area contributed by atoms with Crippen molar-refractivity contribution in [2.75, 3.05) is 0 Å². The molecule has 2 unspecified atom stereocenters. The normalized spacial score (nSPS) is 16.8. The van der Waals surface area contributed by atoms with Crippen LogP contribution in [0.5, 0.6) is 0 Å². The average Bonchev–Trinajstić information content (AvgIpc) is 3.79. The summed E-state index contributed by atoms with van der Waals surface area (Å²) in [7, 11) is 0. The van der Waals surface area contributed by atoms with E-state index in [9.17, 15) is 0 Å². The molecule has 0 bridgehead atoms. The van der Waals surface area contributed by atoms with E-state index in [-0.39, 0.29) is 24.8 Å². The van der Waals surface area contributed by atoms with Crippen molar-refractivity contribution in [2.24, 2.45) is 0 Å². The molecule has 0 aromatic heterocycles. The third kappa shape index (κ3) is 6.50. The van der Waals surface area contributed by atoms with Crippen molar-refractivity contribution < 1.29 is 45.1 Å². The van der Waals surface area contributed by atoms with E-state index >= 15 is 0 Å². The zero-order valence-corrected chi connectivity index (χ0v) is 38.0. The monoisotopic (exact) mass is 882 g/mol. The fourth-order valence-electron chi connectivity index (χ4n) is 11.4. The molecule has 2 atom stereocenters. The molecule has 3 heteroatoms. The predicted molar refractivity (Wildman–Crippen MR) is 244 cm³/mol. The second-order valence-corrected chi connectivity index (χ2v) is 28.6. The van der Waals surface area contributed by atoms with Crippen LogP contribution in [0.2, 0.25) is 8.26 Å². The number of benzene rings is 8. The molecule has 8 aromatic rings. The molecule has 0 N–H and O–H groups in total. The van der Waals surface area contributed by atoms with Crippen molar-refractivity contribution in [3.63, 3.8) is 0 Å². The van der Waals surface area contributed by atoms with E-state index in [0.29, 0.717) is 7.25 Å². The molecule has 0 spiro atoms. The molecule has 0 saturated carbocycles. The van der Waals surface area contributed by atoms with E-state index in [1.807, 2.05) is 0 Å². The number of halogens is 2. The number of unbranched alkanes of at least 4 members (excludes halogenated alkanes) is 2. The molecule has 59 heavy (non-hydrogen) atoms. The van der Waals surface area contributed by atoms with Gasteiger partial charge >= 0.3 is 345 Å². The van der Waals surface area contributed by atoms with Crippen LogP contribution in [0.3, 0.4) is 0 Å². The largest absolute Gasteiger partial charge is 1.00 e. The standard InChI is InChI=1S/2C27H23.C2H4.2ClH.Zr/c2*1-2-3-9-19-16-20-12-8-15-25(26(20)17-19)27-23-13-6-4-10-21(23)18-22-11-5-7-14-24(22)27;1-2;;;/h2*4-8,10-18H,2-3,9H2,1H3;1-2H2;2*1H;/q;;;;;+2/p-2. The average molecular weight is 885 g/mol. The number of rotatable bonds is 10. The smallest absolute Gasteiger partial charge is 1.00 e. The molecule has 0 amide bonds. The molecule has 8 aromatic carbocycles. The molecule has 1 heterocycles. The van der Waals surface area contributed by atoms with E-state index < -0.39 is 20.3 Å². The Labute approximate surface area is 366 Å². The van der Waals surface area contributed by atoms with Crippen LogP contribution in [0.4, 0.5) is 0 Å². The first-order valence-corrected chi connectivity index (χ1v) is 28.0. The molecule has 2 aliphatic carbocycles.